The van der Waals surface area contributed by atoms with Gasteiger partial charge in [0.05, 0.1) is 18.4 Å². The van der Waals surface area contributed by atoms with E-state index >= 15 is 0 Å². The quantitative estimate of drug-likeness (QED) is 0.847. The van der Waals surface area contributed by atoms with Crippen molar-refractivity contribution >= 4 is 5.91 Å². The first-order valence-electron chi connectivity index (χ1n) is 6.38. The number of benzene rings is 1. The van der Waals surface area contributed by atoms with Crippen molar-refractivity contribution < 1.29 is 13.9 Å². The third-order valence-corrected chi connectivity index (χ3v) is 3.01. The largest absolute Gasteiger partial charge is 0.497 e. The van der Waals surface area contributed by atoms with E-state index in [9.17, 15) is 9.18 Å². The van der Waals surface area contributed by atoms with Crippen molar-refractivity contribution in [2.24, 2.45) is 5.73 Å². The van der Waals surface area contributed by atoms with E-state index in [1.165, 1.54) is 12.3 Å². The molecule has 0 spiro atoms. The number of aromatic nitrogens is 1. The molecule has 6 heteroatoms. The Labute approximate surface area is 121 Å². The predicted molar refractivity (Wildman–Crippen MR) is 76.3 cm³/mol. The molecule has 1 amide bonds. The third kappa shape index (κ3) is 3.76. The number of hydrogen-bond donors (Lipinski definition) is 2. The van der Waals surface area contributed by atoms with E-state index in [1.54, 1.807) is 7.11 Å². The van der Waals surface area contributed by atoms with Gasteiger partial charge in [-0.2, -0.15) is 0 Å². The maximum atomic E-state index is 13.9. The summed E-state index contributed by atoms with van der Waals surface area (Å²) in [5.74, 6) is -0.695. The molecule has 1 aromatic carbocycles. The van der Waals surface area contributed by atoms with Crippen LogP contribution in [-0.4, -0.2) is 18.0 Å². The van der Waals surface area contributed by atoms with Crippen molar-refractivity contribution in [3.05, 3.63) is 59.2 Å². The van der Waals surface area contributed by atoms with Crippen LogP contribution in [0.15, 0.2) is 36.5 Å². The number of methoxy groups -OCH3 is 1. The molecular formula is C15H16FN3O2. The Kier molecular flexibility index (Phi) is 4.84. The molecule has 1 heterocycles. The molecule has 0 aliphatic heterocycles. The number of halogens is 1. The normalized spacial score (nSPS) is 10.4. The minimum absolute atomic E-state index is 0.147. The first kappa shape index (κ1) is 14.9. The molecule has 2 rings (SSSR count). The fourth-order valence-corrected chi connectivity index (χ4v) is 1.87. The number of ether oxygens (including phenoxy) is 1. The zero-order valence-electron chi connectivity index (χ0n) is 11.6. The summed E-state index contributed by atoms with van der Waals surface area (Å²) in [6.07, 6.45) is 1.37. The molecule has 0 aliphatic rings. The summed E-state index contributed by atoms with van der Waals surface area (Å²) in [7, 11) is 1.60. The van der Waals surface area contributed by atoms with Gasteiger partial charge < -0.3 is 15.8 Å². The summed E-state index contributed by atoms with van der Waals surface area (Å²) in [6, 6.07) is 8.79. The minimum atomic E-state index is -0.800. The Bertz CT molecular complexity index is 629. The van der Waals surface area contributed by atoms with Crippen LogP contribution in [0.25, 0.3) is 0 Å². The molecule has 0 saturated heterocycles. The second-order valence-corrected chi connectivity index (χ2v) is 4.44. The van der Waals surface area contributed by atoms with Gasteiger partial charge in [-0.25, -0.2) is 4.39 Å². The van der Waals surface area contributed by atoms with Gasteiger partial charge >= 0.3 is 0 Å². The Morgan fingerprint density at radius 1 is 1.29 bits per heavy atom. The van der Waals surface area contributed by atoms with Crippen molar-refractivity contribution in [1.29, 1.82) is 0 Å². The standard InChI is InChI=1S/C15H16FN3O2/c1-21-11-4-2-10(3-5-11)8-18-9-13-14(16)12(15(17)20)6-7-19-13/h2-7,18H,8-9H2,1H3,(H2,17,20). The van der Waals surface area contributed by atoms with Crippen molar-refractivity contribution in [1.82, 2.24) is 10.3 Å². The molecule has 0 radical (unpaired) electrons. The fraction of sp³-hybridized carbons (Fsp3) is 0.200. The maximum absolute atomic E-state index is 13.9. The summed E-state index contributed by atoms with van der Waals surface area (Å²) in [6.45, 7) is 0.755. The number of nitrogens with two attached hydrogens (primary N) is 1. The topological polar surface area (TPSA) is 77.2 Å². The Morgan fingerprint density at radius 2 is 2.00 bits per heavy atom. The van der Waals surface area contributed by atoms with E-state index in [4.69, 9.17) is 10.5 Å². The number of nitrogens with zero attached hydrogens (tertiary/aromatic N) is 1. The van der Waals surface area contributed by atoms with Gasteiger partial charge in [0, 0.05) is 19.3 Å². The monoisotopic (exact) mass is 289 g/mol. The zero-order valence-corrected chi connectivity index (χ0v) is 11.6. The fourth-order valence-electron chi connectivity index (χ4n) is 1.87. The van der Waals surface area contributed by atoms with Gasteiger partial charge in [0.15, 0.2) is 5.82 Å². The van der Waals surface area contributed by atoms with Crippen LogP contribution < -0.4 is 15.8 Å². The summed E-state index contributed by atoms with van der Waals surface area (Å²) < 4.78 is 19.0. The molecule has 21 heavy (non-hydrogen) atoms. The summed E-state index contributed by atoms with van der Waals surface area (Å²) in [5, 5.41) is 3.07. The highest BCUT2D eigenvalue weighted by molar-refractivity contribution is 5.93. The van der Waals surface area contributed by atoms with Crippen LogP contribution in [0.1, 0.15) is 21.6 Å². The molecule has 0 fully saturated rings. The number of nitrogens with one attached hydrogen (secondary N) is 1. The lowest BCUT2D eigenvalue weighted by atomic mass is 10.2. The smallest absolute Gasteiger partial charge is 0.251 e. The van der Waals surface area contributed by atoms with Gasteiger partial charge in [-0.3, -0.25) is 9.78 Å². The van der Waals surface area contributed by atoms with Crippen LogP contribution in [0, 0.1) is 5.82 Å². The van der Waals surface area contributed by atoms with Gasteiger partial charge in [-0.15, -0.1) is 0 Å². The van der Waals surface area contributed by atoms with E-state index in [0.29, 0.717) is 6.54 Å². The molecule has 1 aromatic heterocycles. The average Bonchev–Trinajstić information content (AvgIpc) is 2.49. The summed E-state index contributed by atoms with van der Waals surface area (Å²) in [4.78, 5) is 15.0. The molecule has 5 nitrogen and oxygen atoms in total. The number of pyridine rings is 1. The van der Waals surface area contributed by atoms with E-state index in [0.717, 1.165) is 11.3 Å². The molecular weight excluding hydrogens is 273 g/mol. The highest BCUT2D eigenvalue weighted by atomic mass is 19.1. The average molecular weight is 289 g/mol. The SMILES string of the molecule is COc1ccc(CNCc2nccc(C(N)=O)c2F)cc1. The lowest BCUT2D eigenvalue weighted by Gasteiger charge is -2.08. The van der Waals surface area contributed by atoms with Crippen molar-refractivity contribution in [2.45, 2.75) is 13.1 Å². The van der Waals surface area contributed by atoms with Crippen molar-refractivity contribution in [3.8, 4) is 5.75 Å². The van der Waals surface area contributed by atoms with Crippen LogP contribution in [0.3, 0.4) is 0 Å². The molecule has 2 aromatic rings. The molecule has 0 bridgehead atoms. The van der Waals surface area contributed by atoms with Gasteiger partial charge in [0.25, 0.3) is 5.91 Å². The second kappa shape index (κ2) is 6.81. The Hall–Kier alpha value is -2.47. The molecule has 0 unspecified atom stereocenters. The molecule has 0 aliphatic carbocycles. The number of primary amides is 1. The predicted octanol–water partition coefficient (Wildman–Crippen LogP) is 1.62. The zero-order chi connectivity index (χ0) is 15.2. The van der Waals surface area contributed by atoms with E-state index in [1.807, 2.05) is 24.3 Å². The van der Waals surface area contributed by atoms with Gasteiger partial charge in [-0.05, 0) is 23.8 Å². The van der Waals surface area contributed by atoms with Gasteiger partial charge in [-0.1, -0.05) is 12.1 Å². The number of amides is 1. The van der Waals surface area contributed by atoms with Crippen LogP contribution in [-0.2, 0) is 13.1 Å². The van der Waals surface area contributed by atoms with E-state index < -0.39 is 11.7 Å². The van der Waals surface area contributed by atoms with Crippen LogP contribution >= 0.6 is 0 Å². The lowest BCUT2D eigenvalue weighted by Crippen LogP contribution is -2.19. The number of rotatable bonds is 6. The van der Waals surface area contributed by atoms with Crippen molar-refractivity contribution in [2.75, 3.05) is 7.11 Å². The van der Waals surface area contributed by atoms with Crippen LogP contribution in [0.4, 0.5) is 4.39 Å². The Balaban J connectivity index is 1.97. The first-order chi connectivity index (χ1) is 10.1. The number of hydrogen-bond acceptors (Lipinski definition) is 4. The van der Waals surface area contributed by atoms with E-state index in [-0.39, 0.29) is 17.8 Å². The van der Waals surface area contributed by atoms with Gasteiger partial charge in [0.1, 0.15) is 5.75 Å². The third-order valence-electron chi connectivity index (χ3n) is 3.01. The highest BCUT2D eigenvalue weighted by Crippen LogP contribution is 2.12. The first-order valence-corrected chi connectivity index (χ1v) is 6.38. The lowest BCUT2D eigenvalue weighted by molar-refractivity contribution is 0.0996. The number of carbonyl (C=O) groups is 1. The number of carbonyl (C=O) groups excluding carboxylic acids is 1. The molecule has 0 atom stereocenters. The molecule has 110 valence electrons. The molecule has 3 N–H and O–H groups in total. The Morgan fingerprint density at radius 3 is 2.62 bits per heavy atom. The van der Waals surface area contributed by atoms with Crippen molar-refractivity contribution in [3.63, 3.8) is 0 Å². The summed E-state index contributed by atoms with van der Waals surface area (Å²) >= 11 is 0. The van der Waals surface area contributed by atoms with Crippen LogP contribution in [0.2, 0.25) is 0 Å². The molecule has 0 saturated carbocycles. The maximum Gasteiger partial charge on any atom is 0.251 e. The van der Waals surface area contributed by atoms with Gasteiger partial charge in [0.2, 0.25) is 0 Å². The minimum Gasteiger partial charge on any atom is -0.497 e. The van der Waals surface area contributed by atoms with E-state index in [2.05, 4.69) is 10.3 Å². The second-order valence-electron chi connectivity index (χ2n) is 4.44. The summed E-state index contributed by atoms with van der Waals surface area (Å²) in [5.41, 5.74) is 6.14. The highest BCUT2D eigenvalue weighted by Gasteiger charge is 2.12. The van der Waals surface area contributed by atoms with Crippen LogP contribution in [0.5, 0.6) is 5.75 Å².